The molecular formula is C24H43N5O2. The SMILES string of the molecule is CCCCCCCCCCCCCCCCOC(O)CCn1cnc2c(N)ncnc21. The highest BCUT2D eigenvalue weighted by molar-refractivity contribution is 5.80. The smallest absolute Gasteiger partial charge is 0.165 e. The Labute approximate surface area is 187 Å². The zero-order chi connectivity index (χ0) is 22.2. The number of nitrogens with zero attached hydrogens (tertiary/aromatic N) is 4. The van der Waals surface area contributed by atoms with Gasteiger partial charge in [-0.3, -0.25) is 0 Å². The van der Waals surface area contributed by atoms with E-state index < -0.39 is 6.29 Å². The first-order valence-electron chi connectivity index (χ1n) is 12.4. The molecule has 0 aromatic carbocycles. The number of hydrogen-bond donors (Lipinski definition) is 2. The lowest BCUT2D eigenvalue weighted by atomic mass is 10.0. The molecule has 2 aromatic heterocycles. The van der Waals surface area contributed by atoms with Gasteiger partial charge in [0, 0.05) is 19.6 Å². The molecule has 1 atom stereocenters. The second-order valence-electron chi connectivity index (χ2n) is 8.58. The number of unbranched alkanes of at least 4 members (excludes halogenated alkanes) is 13. The summed E-state index contributed by atoms with van der Waals surface area (Å²) in [7, 11) is 0. The zero-order valence-corrected chi connectivity index (χ0v) is 19.5. The molecule has 1 unspecified atom stereocenters. The van der Waals surface area contributed by atoms with Gasteiger partial charge in [-0.1, -0.05) is 90.4 Å². The average Bonchev–Trinajstić information content (AvgIpc) is 3.19. The van der Waals surface area contributed by atoms with E-state index in [1.54, 1.807) is 6.33 Å². The Bertz CT molecular complexity index is 706. The molecule has 31 heavy (non-hydrogen) atoms. The van der Waals surface area contributed by atoms with Gasteiger partial charge in [-0.25, -0.2) is 15.0 Å². The molecule has 0 bridgehead atoms. The van der Waals surface area contributed by atoms with Crippen LogP contribution in [0.4, 0.5) is 5.82 Å². The van der Waals surface area contributed by atoms with Crippen LogP contribution in [0.5, 0.6) is 0 Å². The van der Waals surface area contributed by atoms with Gasteiger partial charge in [0.15, 0.2) is 17.8 Å². The molecule has 7 nitrogen and oxygen atoms in total. The van der Waals surface area contributed by atoms with Gasteiger partial charge < -0.3 is 20.1 Å². The highest BCUT2D eigenvalue weighted by Gasteiger charge is 2.10. The number of hydrogen-bond acceptors (Lipinski definition) is 6. The lowest BCUT2D eigenvalue weighted by Crippen LogP contribution is -2.15. The van der Waals surface area contributed by atoms with E-state index >= 15 is 0 Å². The Balaban J connectivity index is 1.38. The first-order valence-corrected chi connectivity index (χ1v) is 12.4. The van der Waals surface area contributed by atoms with E-state index in [0.29, 0.717) is 36.6 Å². The highest BCUT2D eigenvalue weighted by Crippen LogP contribution is 2.15. The maximum absolute atomic E-state index is 10.1. The Morgan fingerprint density at radius 1 is 0.871 bits per heavy atom. The third-order valence-corrected chi connectivity index (χ3v) is 5.85. The fourth-order valence-corrected chi connectivity index (χ4v) is 3.91. The lowest BCUT2D eigenvalue weighted by molar-refractivity contribution is -0.105. The van der Waals surface area contributed by atoms with Crippen LogP contribution in [-0.2, 0) is 11.3 Å². The van der Waals surface area contributed by atoms with Gasteiger partial charge >= 0.3 is 0 Å². The quantitative estimate of drug-likeness (QED) is 0.220. The summed E-state index contributed by atoms with van der Waals surface area (Å²) in [6.07, 6.45) is 21.6. The normalized spacial score (nSPS) is 12.6. The van der Waals surface area contributed by atoms with E-state index in [1.807, 2.05) is 4.57 Å². The summed E-state index contributed by atoms with van der Waals surface area (Å²) in [6.45, 7) is 3.46. The van der Waals surface area contributed by atoms with Gasteiger partial charge in [0.05, 0.1) is 6.33 Å². The largest absolute Gasteiger partial charge is 0.382 e. The fraction of sp³-hybridized carbons (Fsp3) is 0.792. The van der Waals surface area contributed by atoms with Crippen molar-refractivity contribution in [2.75, 3.05) is 12.3 Å². The predicted molar refractivity (Wildman–Crippen MR) is 127 cm³/mol. The van der Waals surface area contributed by atoms with Crippen LogP contribution in [0.2, 0.25) is 0 Å². The summed E-state index contributed by atoms with van der Waals surface area (Å²) < 4.78 is 7.41. The molecule has 0 aliphatic carbocycles. The van der Waals surface area contributed by atoms with Gasteiger partial charge in [0.1, 0.15) is 11.8 Å². The maximum atomic E-state index is 10.1. The van der Waals surface area contributed by atoms with Crippen LogP contribution in [0.3, 0.4) is 0 Å². The highest BCUT2D eigenvalue weighted by atomic mass is 16.6. The minimum absolute atomic E-state index is 0.373. The number of imidazole rings is 1. The van der Waals surface area contributed by atoms with Crippen LogP contribution >= 0.6 is 0 Å². The molecule has 0 radical (unpaired) electrons. The van der Waals surface area contributed by atoms with Crippen LogP contribution < -0.4 is 5.73 Å². The summed E-state index contributed by atoms with van der Waals surface area (Å²) in [5.74, 6) is 0.373. The fourth-order valence-electron chi connectivity index (χ4n) is 3.91. The Kier molecular flexibility index (Phi) is 13.2. The number of aliphatic hydroxyl groups is 1. The standard InChI is InChI=1S/C24H43N5O2/c1-2-3-4-5-6-7-8-9-10-11-12-13-14-15-18-31-21(30)16-17-29-20-28-22-23(25)26-19-27-24(22)29/h19-21,30H,2-18H2,1H3,(H2,25,26,27). The van der Waals surface area contributed by atoms with Crippen molar-refractivity contribution < 1.29 is 9.84 Å². The van der Waals surface area contributed by atoms with E-state index in [-0.39, 0.29) is 0 Å². The third kappa shape index (κ3) is 10.4. The number of rotatable bonds is 19. The molecule has 2 heterocycles. The second-order valence-corrected chi connectivity index (χ2v) is 8.58. The van der Waals surface area contributed by atoms with E-state index in [0.717, 1.165) is 6.42 Å². The Morgan fingerprint density at radius 2 is 1.45 bits per heavy atom. The molecule has 7 heteroatoms. The summed E-state index contributed by atoms with van der Waals surface area (Å²) in [4.78, 5) is 12.4. The van der Waals surface area contributed by atoms with Crippen molar-refractivity contribution in [3.63, 3.8) is 0 Å². The van der Waals surface area contributed by atoms with Crippen molar-refractivity contribution >= 4 is 17.0 Å². The minimum Gasteiger partial charge on any atom is -0.382 e. The van der Waals surface area contributed by atoms with Crippen LogP contribution in [0.1, 0.15) is 103 Å². The lowest BCUT2D eigenvalue weighted by Gasteiger charge is -2.12. The van der Waals surface area contributed by atoms with E-state index in [9.17, 15) is 5.11 Å². The Hall–Kier alpha value is -1.73. The van der Waals surface area contributed by atoms with Gasteiger partial charge in [-0.15, -0.1) is 0 Å². The third-order valence-electron chi connectivity index (χ3n) is 5.85. The number of anilines is 1. The van der Waals surface area contributed by atoms with E-state index in [4.69, 9.17) is 10.5 Å². The van der Waals surface area contributed by atoms with Gasteiger partial charge in [-0.05, 0) is 6.42 Å². The van der Waals surface area contributed by atoms with Crippen molar-refractivity contribution in [2.45, 2.75) is 116 Å². The van der Waals surface area contributed by atoms with E-state index in [2.05, 4.69) is 21.9 Å². The number of fused-ring (bicyclic) bond motifs is 1. The predicted octanol–water partition coefficient (Wildman–Crippen LogP) is 5.61. The van der Waals surface area contributed by atoms with Gasteiger partial charge in [0.2, 0.25) is 0 Å². The van der Waals surface area contributed by atoms with Crippen molar-refractivity contribution in [1.82, 2.24) is 19.5 Å². The average molecular weight is 434 g/mol. The van der Waals surface area contributed by atoms with Crippen LogP contribution in [0, 0.1) is 0 Å². The van der Waals surface area contributed by atoms with Crippen LogP contribution in [0.15, 0.2) is 12.7 Å². The molecule has 0 saturated heterocycles. The molecule has 0 saturated carbocycles. The molecule has 0 aliphatic heterocycles. The minimum atomic E-state index is -0.765. The number of aryl methyl sites for hydroxylation is 1. The van der Waals surface area contributed by atoms with Crippen molar-refractivity contribution in [3.8, 4) is 0 Å². The van der Waals surface area contributed by atoms with Crippen molar-refractivity contribution in [3.05, 3.63) is 12.7 Å². The van der Waals surface area contributed by atoms with E-state index in [1.165, 1.54) is 89.8 Å². The van der Waals surface area contributed by atoms with Gasteiger partial charge in [-0.2, -0.15) is 0 Å². The number of nitrogen functional groups attached to an aromatic ring is 1. The molecule has 0 amide bonds. The first-order chi connectivity index (χ1) is 15.2. The molecule has 3 N–H and O–H groups in total. The van der Waals surface area contributed by atoms with Gasteiger partial charge in [0.25, 0.3) is 0 Å². The number of ether oxygens (including phenoxy) is 1. The number of nitrogens with two attached hydrogens (primary N) is 1. The van der Waals surface area contributed by atoms with Crippen molar-refractivity contribution in [1.29, 1.82) is 0 Å². The molecule has 176 valence electrons. The van der Waals surface area contributed by atoms with Crippen molar-refractivity contribution in [2.24, 2.45) is 0 Å². The molecular weight excluding hydrogens is 390 g/mol. The summed E-state index contributed by atoms with van der Waals surface area (Å²) >= 11 is 0. The summed E-state index contributed by atoms with van der Waals surface area (Å²) in [5, 5.41) is 10.1. The molecule has 0 aliphatic rings. The molecule has 0 fully saturated rings. The van der Waals surface area contributed by atoms with Crippen LogP contribution in [-0.4, -0.2) is 37.5 Å². The molecule has 0 spiro atoms. The molecule has 2 rings (SSSR count). The first kappa shape index (κ1) is 25.5. The number of aliphatic hydroxyl groups excluding tert-OH is 1. The summed E-state index contributed by atoms with van der Waals surface area (Å²) in [5.41, 5.74) is 7.08. The zero-order valence-electron chi connectivity index (χ0n) is 19.5. The second kappa shape index (κ2) is 16.0. The topological polar surface area (TPSA) is 99.1 Å². The Morgan fingerprint density at radius 3 is 2.06 bits per heavy atom. The maximum Gasteiger partial charge on any atom is 0.165 e. The summed E-state index contributed by atoms with van der Waals surface area (Å²) in [6, 6.07) is 0. The number of aromatic nitrogens is 4. The monoisotopic (exact) mass is 433 g/mol. The van der Waals surface area contributed by atoms with Crippen LogP contribution in [0.25, 0.3) is 11.2 Å². The molecule has 2 aromatic rings.